The molecule has 0 saturated heterocycles. The lowest BCUT2D eigenvalue weighted by Gasteiger charge is -2.16. The van der Waals surface area contributed by atoms with Gasteiger partial charge in [-0.25, -0.2) is 18.6 Å². The van der Waals surface area contributed by atoms with Crippen LogP contribution in [0.5, 0.6) is 0 Å². The maximum atomic E-state index is 13.0. The fourth-order valence-corrected chi connectivity index (χ4v) is 1.27. The summed E-state index contributed by atoms with van der Waals surface area (Å²) in [5, 5.41) is 0. The van der Waals surface area contributed by atoms with Gasteiger partial charge in [-0.2, -0.15) is 8.78 Å². The third kappa shape index (κ3) is 1.61. The van der Waals surface area contributed by atoms with Gasteiger partial charge in [0.2, 0.25) is 0 Å². The fourth-order valence-electron chi connectivity index (χ4n) is 1.27. The molecule has 10 heteroatoms. The SMILES string of the molecule is O=c1[nH]c(=O)c2ncn(C(F)(F)C(F)F)c2[nH]1. The molecule has 0 atom stereocenters. The van der Waals surface area contributed by atoms with Gasteiger partial charge in [-0.1, -0.05) is 0 Å². The molecule has 0 bridgehead atoms. The topological polar surface area (TPSA) is 83.5 Å². The Bertz CT molecular complexity index is 670. The number of halogens is 4. The van der Waals surface area contributed by atoms with Crippen molar-refractivity contribution in [1.29, 1.82) is 0 Å². The molecule has 2 N–H and O–H groups in total. The molecule has 92 valence electrons. The lowest BCUT2D eigenvalue weighted by molar-refractivity contribution is -0.187. The highest BCUT2D eigenvalue weighted by Crippen LogP contribution is 2.30. The summed E-state index contributed by atoms with van der Waals surface area (Å²) in [6.07, 6.45) is -3.63. The quantitative estimate of drug-likeness (QED) is 0.750. The zero-order valence-electron chi connectivity index (χ0n) is 7.88. The molecule has 2 aromatic rings. The predicted molar refractivity (Wildman–Crippen MR) is 47.2 cm³/mol. The van der Waals surface area contributed by atoms with Crippen molar-refractivity contribution in [2.75, 3.05) is 0 Å². The van der Waals surface area contributed by atoms with Crippen LogP contribution in [-0.2, 0) is 6.05 Å². The van der Waals surface area contributed by atoms with Gasteiger partial charge in [-0.3, -0.25) is 19.3 Å². The van der Waals surface area contributed by atoms with E-state index in [9.17, 15) is 27.2 Å². The highest BCUT2D eigenvalue weighted by Gasteiger charge is 2.44. The molecule has 2 aromatic heterocycles. The van der Waals surface area contributed by atoms with E-state index >= 15 is 0 Å². The molecule has 0 saturated carbocycles. The van der Waals surface area contributed by atoms with Gasteiger partial charge in [0.1, 0.15) is 6.33 Å². The number of imidazole rings is 1. The Balaban J connectivity index is 2.82. The number of nitrogens with one attached hydrogen (secondary N) is 2. The molecule has 0 aliphatic carbocycles. The minimum absolute atomic E-state index is 0.246. The number of rotatable bonds is 2. The summed E-state index contributed by atoms with van der Waals surface area (Å²) in [6.45, 7) is 0. The Morgan fingerprint density at radius 2 is 1.94 bits per heavy atom. The fraction of sp³-hybridized carbons (Fsp3) is 0.286. The van der Waals surface area contributed by atoms with Gasteiger partial charge in [-0.05, 0) is 0 Å². The van der Waals surface area contributed by atoms with Crippen LogP contribution in [0.1, 0.15) is 0 Å². The van der Waals surface area contributed by atoms with E-state index in [0.29, 0.717) is 6.33 Å². The van der Waals surface area contributed by atoms with Crippen LogP contribution in [-0.4, -0.2) is 25.9 Å². The first-order chi connectivity index (χ1) is 7.84. The van der Waals surface area contributed by atoms with Gasteiger partial charge in [0, 0.05) is 0 Å². The summed E-state index contributed by atoms with van der Waals surface area (Å²) in [4.78, 5) is 28.8. The third-order valence-corrected chi connectivity index (χ3v) is 2.03. The summed E-state index contributed by atoms with van der Waals surface area (Å²) in [5.74, 6) is 0. The Hall–Kier alpha value is -2.13. The molecule has 6 nitrogen and oxygen atoms in total. The van der Waals surface area contributed by atoms with Gasteiger partial charge >= 0.3 is 18.2 Å². The van der Waals surface area contributed by atoms with Gasteiger partial charge in [0.25, 0.3) is 5.56 Å². The maximum Gasteiger partial charge on any atom is 0.391 e. The number of nitrogens with zero attached hydrogens (tertiary/aromatic N) is 2. The van der Waals surface area contributed by atoms with E-state index < -0.39 is 34.9 Å². The standard InChI is InChI=1S/C7H4F4N4O2/c8-5(9)7(10,11)15-1-12-2-3(15)13-6(17)14-4(2)16/h1,5H,(H2,13,14,16,17). The van der Waals surface area contributed by atoms with Crippen LogP contribution in [0.15, 0.2) is 15.9 Å². The van der Waals surface area contributed by atoms with Crippen LogP contribution in [0.3, 0.4) is 0 Å². The Morgan fingerprint density at radius 3 is 2.53 bits per heavy atom. The summed E-state index contributed by atoms with van der Waals surface area (Å²) >= 11 is 0. The van der Waals surface area contributed by atoms with Crippen LogP contribution in [0.25, 0.3) is 11.2 Å². The third-order valence-electron chi connectivity index (χ3n) is 2.03. The van der Waals surface area contributed by atoms with Crippen LogP contribution in [0.2, 0.25) is 0 Å². The van der Waals surface area contributed by atoms with E-state index in [-0.39, 0.29) is 4.57 Å². The van der Waals surface area contributed by atoms with Crippen molar-refractivity contribution in [2.45, 2.75) is 12.5 Å². The summed E-state index contributed by atoms with van der Waals surface area (Å²) in [5.41, 5.74) is -3.43. The molecule has 0 aliphatic heterocycles. The van der Waals surface area contributed by atoms with Gasteiger partial charge in [-0.15, -0.1) is 0 Å². The van der Waals surface area contributed by atoms with E-state index in [1.807, 2.05) is 4.98 Å². The average molecular weight is 252 g/mol. The Labute approximate surface area is 88.9 Å². The van der Waals surface area contributed by atoms with Crippen molar-refractivity contribution in [3.8, 4) is 0 Å². The second-order valence-electron chi connectivity index (χ2n) is 3.11. The molecule has 0 unspecified atom stereocenters. The zero-order chi connectivity index (χ0) is 12.8. The van der Waals surface area contributed by atoms with E-state index in [2.05, 4.69) is 4.98 Å². The molecule has 0 spiro atoms. The number of hydrogen-bond acceptors (Lipinski definition) is 3. The molecule has 2 rings (SSSR count). The number of alkyl halides is 4. The maximum absolute atomic E-state index is 13.0. The van der Waals surface area contributed by atoms with Crippen molar-refractivity contribution < 1.29 is 17.6 Å². The van der Waals surface area contributed by atoms with E-state index in [4.69, 9.17) is 0 Å². The van der Waals surface area contributed by atoms with Gasteiger partial charge in [0.05, 0.1) is 0 Å². The molecule has 2 heterocycles. The molecule has 0 amide bonds. The van der Waals surface area contributed by atoms with Crippen molar-refractivity contribution in [2.24, 2.45) is 0 Å². The molecular formula is C7H4F4N4O2. The van der Waals surface area contributed by atoms with Gasteiger partial charge < -0.3 is 0 Å². The number of H-pyrrole nitrogens is 2. The lowest BCUT2D eigenvalue weighted by atomic mass is 10.5. The first-order valence-corrected chi connectivity index (χ1v) is 4.20. The highest BCUT2D eigenvalue weighted by atomic mass is 19.3. The van der Waals surface area contributed by atoms with Crippen LogP contribution < -0.4 is 11.2 Å². The predicted octanol–water partition coefficient (Wildman–Crippen LogP) is 0.227. The highest BCUT2D eigenvalue weighted by molar-refractivity contribution is 5.68. The van der Waals surface area contributed by atoms with Crippen LogP contribution in [0, 0.1) is 0 Å². The second kappa shape index (κ2) is 3.43. The monoisotopic (exact) mass is 252 g/mol. The molecular weight excluding hydrogens is 248 g/mol. The van der Waals surface area contributed by atoms with E-state index in [0.717, 1.165) is 0 Å². The van der Waals surface area contributed by atoms with Crippen molar-refractivity contribution in [1.82, 2.24) is 19.5 Å². The molecule has 0 aromatic carbocycles. The minimum Gasteiger partial charge on any atom is -0.291 e. The second-order valence-corrected chi connectivity index (χ2v) is 3.11. The summed E-state index contributed by atoms with van der Waals surface area (Å²) in [7, 11) is 0. The minimum atomic E-state index is -4.56. The summed E-state index contributed by atoms with van der Waals surface area (Å²) in [6, 6.07) is -4.56. The van der Waals surface area contributed by atoms with E-state index in [1.165, 1.54) is 0 Å². The Morgan fingerprint density at radius 1 is 1.29 bits per heavy atom. The zero-order valence-corrected chi connectivity index (χ0v) is 7.88. The first kappa shape index (κ1) is 11.4. The first-order valence-electron chi connectivity index (χ1n) is 4.20. The number of fused-ring (bicyclic) bond motifs is 1. The van der Waals surface area contributed by atoms with Crippen LogP contribution >= 0.6 is 0 Å². The number of hydrogen-bond donors (Lipinski definition) is 2. The largest absolute Gasteiger partial charge is 0.391 e. The van der Waals surface area contributed by atoms with Crippen LogP contribution in [0.4, 0.5) is 17.6 Å². The number of aromatic amines is 2. The Kier molecular flexibility index (Phi) is 2.29. The van der Waals surface area contributed by atoms with Crippen molar-refractivity contribution in [3.05, 3.63) is 27.2 Å². The molecule has 0 radical (unpaired) electrons. The average Bonchev–Trinajstić information content (AvgIpc) is 2.61. The van der Waals surface area contributed by atoms with Gasteiger partial charge in [0.15, 0.2) is 11.2 Å². The van der Waals surface area contributed by atoms with Crippen molar-refractivity contribution in [3.63, 3.8) is 0 Å². The lowest BCUT2D eigenvalue weighted by Crippen LogP contribution is -2.32. The normalized spacial score (nSPS) is 12.5. The molecule has 0 aliphatic rings. The number of aromatic nitrogens is 4. The molecule has 17 heavy (non-hydrogen) atoms. The van der Waals surface area contributed by atoms with E-state index in [1.54, 1.807) is 4.98 Å². The van der Waals surface area contributed by atoms with Crippen molar-refractivity contribution >= 4 is 11.2 Å². The summed E-state index contributed by atoms with van der Waals surface area (Å²) < 4.78 is 50.1. The molecule has 0 fully saturated rings. The smallest absolute Gasteiger partial charge is 0.291 e.